The van der Waals surface area contributed by atoms with Gasteiger partial charge >= 0.3 is 5.76 Å². The molecule has 1 fully saturated rings. The van der Waals surface area contributed by atoms with E-state index in [2.05, 4.69) is 10.3 Å². The van der Waals surface area contributed by atoms with Gasteiger partial charge in [0.25, 0.3) is 0 Å². The van der Waals surface area contributed by atoms with Crippen molar-refractivity contribution in [2.24, 2.45) is 5.92 Å². The van der Waals surface area contributed by atoms with E-state index in [9.17, 15) is 4.79 Å². The predicted molar refractivity (Wildman–Crippen MR) is 68.5 cm³/mol. The third-order valence-electron chi connectivity index (χ3n) is 3.64. The highest BCUT2D eigenvalue weighted by atomic mass is 16.4. The fourth-order valence-electron chi connectivity index (χ4n) is 2.58. The molecule has 0 bridgehead atoms. The second-order valence-electron chi connectivity index (χ2n) is 4.83. The first-order valence-electron chi connectivity index (χ1n) is 6.49. The first-order valence-corrected chi connectivity index (χ1v) is 6.49. The van der Waals surface area contributed by atoms with Gasteiger partial charge in [-0.2, -0.15) is 0 Å². The number of piperidine rings is 1. The van der Waals surface area contributed by atoms with E-state index in [1.807, 2.05) is 0 Å². The van der Waals surface area contributed by atoms with E-state index < -0.39 is 0 Å². The number of hydrogen-bond donors (Lipinski definition) is 1. The van der Waals surface area contributed by atoms with Crippen molar-refractivity contribution in [3.63, 3.8) is 0 Å². The summed E-state index contributed by atoms with van der Waals surface area (Å²) >= 11 is 0. The SMILES string of the molecule is O=c1oc2cccnc2n1CCC1CCNCC1. The number of rotatable bonds is 3. The van der Waals surface area contributed by atoms with E-state index in [0.717, 1.165) is 19.5 Å². The van der Waals surface area contributed by atoms with Crippen molar-refractivity contribution in [2.75, 3.05) is 13.1 Å². The van der Waals surface area contributed by atoms with Gasteiger partial charge in [0.1, 0.15) is 0 Å². The number of fused-ring (bicyclic) bond motifs is 1. The van der Waals surface area contributed by atoms with Crippen LogP contribution >= 0.6 is 0 Å². The molecule has 0 unspecified atom stereocenters. The van der Waals surface area contributed by atoms with Crippen LogP contribution in [0.1, 0.15) is 19.3 Å². The average Bonchev–Trinajstić information content (AvgIpc) is 2.73. The van der Waals surface area contributed by atoms with Gasteiger partial charge in [0.15, 0.2) is 11.2 Å². The van der Waals surface area contributed by atoms with Crippen molar-refractivity contribution < 1.29 is 4.42 Å². The Hall–Kier alpha value is -1.62. The van der Waals surface area contributed by atoms with E-state index >= 15 is 0 Å². The van der Waals surface area contributed by atoms with Crippen LogP contribution in [0.15, 0.2) is 27.5 Å². The first kappa shape index (κ1) is 11.5. The molecular weight excluding hydrogens is 230 g/mol. The molecule has 0 aliphatic carbocycles. The summed E-state index contributed by atoms with van der Waals surface area (Å²) < 4.78 is 6.82. The van der Waals surface area contributed by atoms with E-state index in [-0.39, 0.29) is 5.76 Å². The Morgan fingerprint density at radius 3 is 3.11 bits per heavy atom. The van der Waals surface area contributed by atoms with Gasteiger partial charge in [-0.1, -0.05) is 0 Å². The molecule has 5 heteroatoms. The zero-order valence-electron chi connectivity index (χ0n) is 10.3. The van der Waals surface area contributed by atoms with Crippen molar-refractivity contribution in [1.82, 2.24) is 14.9 Å². The van der Waals surface area contributed by atoms with Gasteiger partial charge in [-0.3, -0.25) is 4.57 Å². The highest BCUT2D eigenvalue weighted by Gasteiger charge is 2.15. The largest absolute Gasteiger partial charge is 0.421 e. The number of nitrogens with one attached hydrogen (secondary N) is 1. The van der Waals surface area contributed by atoms with Crippen LogP contribution in [0.4, 0.5) is 0 Å². The van der Waals surface area contributed by atoms with Crippen LogP contribution in [0.5, 0.6) is 0 Å². The van der Waals surface area contributed by atoms with Gasteiger partial charge in [-0.15, -0.1) is 0 Å². The molecule has 1 saturated heterocycles. The van der Waals surface area contributed by atoms with Crippen molar-refractivity contribution in [3.05, 3.63) is 28.9 Å². The lowest BCUT2D eigenvalue weighted by Gasteiger charge is -2.22. The molecule has 0 aromatic carbocycles. The summed E-state index contributed by atoms with van der Waals surface area (Å²) in [7, 11) is 0. The zero-order valence-corrected chi connectivity index (χ0v) is 10.3. The predicted octanol–water partition coefficient (Wildman–Crippen LogP) is 1.38. The van der Waals surface area contributed by atoms with Crippen molar-refractivity contribution >= 4 is 11.2 Å². The van der Waals surface area contributed by atoms with Crippen LogP contribution in [0, 0.1) is 5.92 Å². The molecule has 3 rings (SSSR count). The number of pyridine rings is 1. The Morgan fingerprint density at radius 1 is 1.44 bits per heavy atom. The van der Waals surface area contributed by atoms with Crippen LogP contribution in [0.3, 0.4) is 0 Å². The standard InChI is InChI=1S/C13H17N3O2/c17-13-16(9-5-10-3-7-14-8-4-10)12-11(18-13)2-1-6-15-12/h1-2,6,10,14H,3-5,7-9H2. The Balaban J connectivity index is 1.77. The molecule has 18 heavy (non-hydrogen) atoms. The van der Waals surface area contributed by atoms with Crippen LogP contribution in [0.25, 0.3) is 11.2 Å². The molecule has 0 atom stereocenters. The third-order valence-corrected chi connectivity index (χ3v) is 3.64. The van der Waals surface area contributed by atoms with E-state index in [1.54, 1.807) is 22.9 Å². The smallest absolute Gasteiger partial charge is 0.406 e. The Kier molecular flexibility index (Phi) is 3.15. The molecular formula is C13H17N3O2. The summed E-state index contributed by atoms with van der Waals surface area (Å²) in [6.07, 6.45) is 5.10. The number of hydrogen-bond acceptors (Lipinski definition) is 4. The monoisotopic (exact) mass is 247 g/mol. The lowest BCUT2D eigenvalue weighted by Crippen LogP contribution is -2.29. The minimum absolute atomic E-state index is 0.294. The summed E-state index contributed by atoms with van der Waals surface area (Å²) in [4.78, 5) is 16.0. The molecule has 1 aliphatic heterocycles. The Bertz CT molecular complexity index is 581. The Morgan fingerprint density at radius 2 is 2.28 bits per heavy atom. The second kappa shape index (κ2) is 4.94. The second-order valence-corrected chi connectivity index (χ2v) is 4.83. The van der Waals surface area contributed by atoms with Crippen molar-refractivity contribution in [3.8, 4) is 0 Å². The van der Waals surface area contributed by atoms with E-state index in [0.29, 0.717) is 23.7 Å². The normalized spacial score (nSPS) is 17.3. The lowest BCUT2D eigenvalue weighted by molar-refractivity contribution is 0.333. The minimum atomic E-state index is -0.294. The number of aryl methyl sites for hydroxylation is 1. The van der Waals surface area contributed by atoms with Crippen LogP contribution in [-0.4, -0.2) is 22.6 Å². The van der Waals surface area contributed by atoms with Gasteiger partial charge < -0.3 is 9.73 Å². The third kappa shape index (κ3) is 2.18. The molecule has 2 aromatic heterocycles. The molecule has 3 heterocycles. The molecule has 1 N–H and O–H groups in total. The number of aromatic nitrogens is 2. The highest BCUT2D eigenvalue weighted by molar-refractivity contribution is 5.67. The highest BCUT2D eigenvalue weighted by Crippen LogP contribution is 2.17. The quantitative estimate of drug-likeness (QED) is 0.890. The van der Waals surface area contributed by atoms with Gasteiger partial charge in [-0.25, -0.2) is 9.78 Å². The average molecular weight is 247 g/mol. The maximum atomic E-state index is 11.8. The molecule has 0 amide bonds. The topological polar surface area (TPSA) is 60.1 Å². The molecule has 0 spiro atoms. The molecule has 5 nitrogen and oxygen atoms in total. The maximum Gasteiger partial charge on any atom is 0.421 e. The molecule has 96 valence electrons. The fourth-order valence-corrected chi connectivity index (χ4v) is 2.58. The van der Waals surface area contributed by atoms with Gasteiger partial charge in [0.05, 0.1) is 0 Å². The zero-order chi connectivity index (χ0) is 12.4. The summed E-state index contributed by atoms with van der Waals surface area (Å²) in [5.41, 5.74) is 1.24. The van der Waals surface area contributed by atoms with Gasteiger partial charge in [0.2, 0.25) is 0 Å². The van der Waals surface area contributed by atoms with Crippen molar-refractivity contribution in [1.29, 1.82) is 0 Å². The molecule has 0 saturated carbocycles. The number of oxazole rings is 1. The van der Waals surface area contributed by atoms with Gasteiger partial charge in [0, 0.05) is 12.7 Å². The minimum Gasteiger partial charge on any atom is -0.406 e. The number of nitrogens with zero attached hydrogens (tertiary/aromatic N) is 2. The van der Waals surface area contributed by atoms with Crippen molar-refractivity contribution in [2.45, 2.75) is 25.8 Å². The first-order chi connectivity index (χ1) is 8.84. The fraction of sp³-hybridized carbons (Fsp3) is 0.538. The van der Waals surface area contributed by atoms with E-state index in [4.69, 9.17) is 4.42 Å². The molecule has 0 radical (unpaired) electrons. The maximum absolute atomic E-state index is 11.8. The lowest BCUT2D eigenvalue weighted by atomic mass is 9.95. The Labute approximate surface area is 105 Å². The summed E-state index contributed by atoms with van der Waals surface area (Å²) in [5.74, 6) is 0.407. The summed E-state index contributed by atoms with van der Waals surface area (Å²) in [6, 6.07) is 3.56. The summed E-state index contributed by atoms with van der Waals surface area (Å²) in [6.45, 7) is 2.88. The molecule has 1 aliphatic rings. The van der Waals surface area contributed by atoms with Crippen LogP contribution < -0.4 is 11.1 Å². The van der Waals surface area contributed by atoms with Crippen LogP contribution in [0.2, 0.25) is 0 Å². The van der Waals surface area contributed by atoms with Crippen LogP contribution in [-0.2, 0) is 6.54 Å². The van der Waals surface area contributed by atoms with Gasteiger partial charge in [-0.05, 0) is 50.4 Å². The summed E-state index contributed by atoms with van der Waals surface area (Å²) in [5, 5.41) is 3.35. The molecule has 2 aromatic rings. The van der Waals surface area contributed by atoms with E-state index in [1.165, 1.54) is 12.8 Å².